The molecule has 0 radical (unpaired) electrons. The van der Waals surface area contributed by atoms with E-state index in [9.17, 15) is 4.79 Å². The van der Waals surface area contributed by atoms with E-state index in [-0.39, 0.29) is 25.0 Å². The lowest BCUT2D eigenvalue weighted by Gasteiger charge is -2.27. The summed E-state index contributed by atoms with van der Waals surface area (Å²) in [7, 11) is 1.68. The fourth-order valence-corrected chi connectivity index (χ4v) is 2.67. The fourth-order valence-electron chi connectivity index (χ4n) is 2.67. The van der Waals surface area contributed by atoms with Gasteiger partial charge in [0, 0.05) is 27.1 Å². The molecule has 5 heteroatoms. The van der Waals surface area contributed by atoms with Crippen molar-refractivity contribution in [3.05, 3.63) is 35.4 Å². The van der Waals surface area contributed by atoms with Crippen LogP contribution in [-0.2, 0) is 36.8 Å². The van der Waals surface area contributed by atoms with Crippen molar-refractivity contribution >= 4 is 5.97 Å². The normalized spacial score (nSPS) is 19.3. The van der Waals surface area contributed by atoms with Crippen LogP contribution in [-0.4, -0.2) is 38.7 Å². The number of carbonyl (C=O) groups is 1. The van der Waals surface area contributed by atoms with Crippen molar-refractivity contribution < 1.29 is 23.7 Å². The third-order valence-corrected chi connectivity index (χ3v) is 3.72. The van der Waals surface area contributed by atoms with Gasteiger partial charge in [0.05, 0.1) is 12.7 Å². The monoisotopic (exact) mass is 322 g/mol. The molecule has 1 aliphatic heterocycles. The van der Waals surface area contributed by atoms with E-state index in [1.54, 1.807) is 7.11 Å². The van der Waals surface area contributed by atoms with Gasteiger partial charge in [0.25, 0.3) is 0 Å². The van der Waals surface area contributed by atoms with Gasteiger partial charge in [-0.15, -0.1) is 0 Å². The maximum atomic E-state index is 11.1. The number of benzene rings is 1. The Labute approximate surface area is 137 Å². The third-order valence-electron chi connectivity index (χ3n) is 3.72. The minimum Gasteiger partial charge on any atom is -0.463 e. The number of esters is 1. The Hall–Kier alpha value is -1.43. The van der Waals surface area contributed by atoms with E-state index in [2.05, 4.69) is 6.07 Å². The number of hydrogen-bond donors (Lipinski definition) is 0. The Morgan fingerprint density at radius 2 is 2.17 bits per heavy atom. The summed E-state index contributed by atoms with van der Waals surface area (Å²) in [6.07, 6.45) is 3.33. The minimum atomic E-state index is -0.295. The molecule has 1 heterocycles. The van der Waals surface area contributed by atoms with Crippen molar-refractivity contribution in [1.29, 1.82) is 0 Å². The Bertz CT molecular complexity index is 482. The van der Waals surface area contributed by atoms with E-state index in [1.807, 2.05) is 18.2 Å². The maximum Gasteiger partial charge on any atom is 0.302 e. The Kier molecular flexibility index (Phi) is 7.52. The summed E-state index contributed by atoms with van der Waals surface area (Å²) in [5.74, 6) is -0.295. The molecule has 5 nitrogen and oxygen atoms in total. The van der Waals surface area contributed by atoms with Crippen LogP contribution in [0.15, 0.2) is 24.3 Å². The van der Waals surface area contributed by atoms with Crippen molar-refractivity contribution in [2.24, 2.45) is 0 Å². The van der Waals surface area contributed by atoms with Crippen molar-refractivity contribution in [1.82, 2.24) is 0 Å². The maximum absolute atomic E-state index is 11.1. The molecule has 0 aliphatic carbocycles. The zero-order chi connectivity index (χ0) is 16.5. The van der Waals surface area contributed by atoms with Gasteiger partial charge in [-0.3, -0.25) is 4.79 Å². The Balaban J connectivity index is 1.97. The predicted molar refractivity (Wildman–Crippen MR) is 86.0 cm³/mol. The van der Waals surface area contributed by atoms with E-state index in [4.69, 9.17) is 18.9 Å². The number of rotatable bonds is 8. The molecule has 2 rings (SSSR count). The highest BCUT2D eigenvalue weighted by Gasteiger charge is 2.21. The van der Waals surface area contributed by atoms with Crippen molar-refractivity contribution in [2.75, 3.05) is 20.3 Å². The van der Waals surface area contributed by atoms with E-state index in [0.29, 0.717) is 13.0 Å². The van der Waals surface area contributed by atoms with E-state index in [1.165, 1.54) is 6.92 Å². The highest BCUT2D eigenvalue weighted by Crippen LogP contribution is 2.18. The molecule has 0 N–H and O–H groups in total. The van der Waals surface area contributed by atoms with E-state index in [0.717, 1.165) is 37.0 Å². The topological polar surface area (TPSA) is 54.0 Å². The van der Waals surface area contributed by atoms with Crippen LogP contribution in [0.5, 0.6) is 0 Å². The minimum absolute atomic E-state index is 0.202. The first-order valence-electron chi connectivity index (χ1n) is 8.14. The zero-order valence-electron chi connectivity index (χ0n) is 14.0. The van der Waals surface area contributed by atoms with Crippen LogP contribution in [0.3, 0.4) is 0 Å². The average molecular weight is 322 g/mol. The van der Waals surface area contributed by atoms with Crippen LogP contribution in [0.25, 0.3) is 0 Å². The largest absolute Gasteiger partial charge is 0.463 e. The number of hydrogen-bond acceptors (Lipinski definition) is 5. The molecule has 0 spiro atoms. The summed E-state index contributed by atoms with van der Waals surface area (Å²) in [6, 6.07) is 8.17. The quantitative estimate of drug-likeness (QED) is 0.689. The first kappa shape index (κ1) is 17.9. The second-order valence-corrected chi connectivity index (χ2v) is 5.81. The van der Waals surface area contributed by atoms with Crippen LogP contribution in [0.2, 0.25) is 0 Å². The van der Waals surface area contributed by atoms with Crippen LogP contribution >= 0.6 is 0 Å². The lowest BCUT2D eigenvalue weighted by molar-refractivity contribution is -0.198. The molecule has 2 atom stereocenters. The van der Waals surface area contributed by atoms with Gasteiger partial charge in [-0.2, -0.15) is 0 Å². The number of ether oxygens (including phenoxy) is 4. The first-order valence-corrected chi connectivity index (χ1v) is 8.14. The van der Waals surface area contributed by atoms with Gasteiger partial charge in [0.2, 0.25) is 0 Å². The van der Waals surface area contributed by atoms with Gasteiger partial charge >= 0.3 is 5.97 Å². The molecule has 128 valence electrons. The summed E-state index contributed by atoms with van der Waals surface area (Å²) < 4.78 is 22.0. The molecule has 0 bridgehead atoms. The molecule has 1 fully saturated rings. The molecule has 0 aromatic heterocycles. The van der Waals surface area contributed by atoms with E-state index < -0.39 is 0 Å². The average Bonchev–Trinajstić information content (AvgIpc) is 2.54. The summed E-state index contributed by atoms with van der Waals surface area (Å²) in [6.45, 7) is 2.96. The summed E-state index contributed by atoms with van der Waals surface area (Å²) in [5.41, 5.74) is 2.25. The number of methoxy groups -OCH3 is 1. The molecule has 1 aromatic carbocycles. The van der Waals surface area contributed by atoms with Gasteiger partial charge < -0.3 is 18.9 Å². The van der Waals surface area contributed by atoms with Crippen LogP contribution in [0.1, 0.15) is 37.3 Å². The van der Waals surface area contributed by atoms with Gasteiger partial charge in [-0.05, 0) is 30.4 Å². The Morgan fingerprint density at radius 3 is 2.87 bits per heavy atom. The molecule has 1 aromatic rings. The summed E-state index contributed by atoms with van der Waals surface area (Å²) in [5, 5.41) is 0. The van der Waals surface area contributed by atoms with Crippen molar-refractivity contribution in [3.63, 3.8) is 0 Å². The molecular weight excluding hydrogens is 296 g/mol. The van der Waals surface area contributed by atoms with Crippen LogP contribution in [0.4, 0.5) is 0 Å². The molecular formula is C18H26O5. The molecule has 0 saturated carbocycles. The molecule has 1 aliphatic rings. The summed E-state index contributed by atoms with van der Waals surface area (Å²) >= 11 is 0. The lowest BCUT2D eigenvalue weighted by Crippen LogP contribution is -2.32. The highest BCUT2D eigenvalue weighted by molar-refractivity contribution is 5.65. The lowest BCUT2D eigenvalue weighted by atomic mass is 10.1. The van der Waals surface area contributed by atoms with E-state index >= 15 is 0 Å². The van der Waals surface area contributed by atoms with Crippen LogP contribution < -0.4 is 0 Å². The highest BCUT2D eigenvalue weighted by atomic mass is 16.7. The first-order chi connectivity index (χ1) is 11.2. The standard InChI is InChI=1S/C18H26O5/c1-14(19)22-13-17(23-18-8-3-4-9-21-18)11-15-6-5-7-16(10-15)12-20-2/h5-7,10,17-18H,3-4,8-9,11-13H2,1-2H3. The SMILES string of the molecule is COCc1cccc(CC(COC(C)=O)OC2CCCCO2)c1. The number of carbonyl (C=O) groups excluding carboxylic acids is 1. The van der Waals surface area contributed by atoms with Gasteiger partial charge in [0.1, 0.15) is 6.61 Å². The summed E-state index contributed by atoms with van der Waals surface area (Å²) in [4.78, 5) is 11.1. The second kappa shape index (κ2) is 9.65. The predicted octanol–water partition coefficient (Wildman–Crippen LogP) is 2.85. The molecule has 0 amide bonds. The fraction of sp³-hybridized carbons (Fsp3) is 0.611. The van der Waals surface area contributed by atoms with Gasteiger partial charge in [-0.1, -0.05) is 24.3 Å². The third kappa shape index (κ3) is 6.69. The zero-order valence-corrected chi connectivity index (χ0v) is 14.0. The second-order valence-electron chi connectivity index (χ2n) is 5.81. The van der Waals surface area contributed by atoms with Crippen LogP contribution in [0, 0.1) is 0 Å². The van der Waals surface area contributed by atoms with Crippen molar-refractivity contribution in [2.45, 2.75) is 51.6 Å². The Morgan fingerprint density at radius 1 is 1.35 bits per heavy atom. The molecule has 23 heavy (non-hydrogen) atoms. The van der Waals surface area contributed by atoms with Gasteiger partial charge in [0.15, 0.2) is 6.29 Å². The molecule has 1 saturated heterocycles. The van der Waals surface area contributed by atoms with Crippen molar-refractivity contribution in [3.8, 4) is 0 Å². The van der Waals surface area contributed by atoms with Gasteiger partial charge in [-0.25, -0.2) is 0 Å². The molecule has 2 unspecified atom stereocenters. The smallest absolute Gasteiger partial charge is 0.302 e.